The molecule has 0 aliphatic heterocycles. The number of aromatic nitrogens is 4. The minimum atomic E-state index is -0.665. The Labute approximate surface area is 185 Å². The molecule has 2 unspecified atom stereocenters. The second-order valence-corrected chi connectivity index (χ2v) is 8.15. The van der Waals surface area contributed by atoms with Crippen molar-refractivity contribution in [1.29, 1.82) is 0 Å². The van der Waals surface area contributed by atoms with Crippen molar-refractivity contribution in [3.8, 4) is 0 Å². The second kappa shape index (κ2) is 8.99. The molecule has 32 heavy (non-hydrogen) atoms. The predicted octanol–water partition coefficient (Wildman–Crippen LogP) is 2.29. The molecule has 0 radical (unpaired) electrons. The van der Waals surface area contributed by atoms with E-state index in [1.165, 1.54) is 10.8 Å². The van der Waals surface area contributed by atoms with Crippen molar-refractivity contribution in [2.45, 2.75) is 57.7 Å². The zero-order valence-electron chi connectivity index (χ0n) is 18.5. The first-order valence-corrected chi connectivity index (χ1v) is 11.0. The van der Waals surface area contributed by atoms with E-state index in [9.17, 15) is 14.7 Å². The number of hydrogen-bond donors (Lipinski definition) is 4. The molecule has 10 nitrogen and oxygen atoms in total. The van der Waals surface area contributed by atoms with E-state index in [4.69, 9.17) is 0 Å². The van der Waals surface area contributed by atoms with Crippen LogP contribution in [0.5, 0.6) is 0 Å². The highest BCUT2D eigenvalue weighted by molar-refractivity contribution is 6.00. The predicted molar refractivity (Wildman–Crippen MR) is 123 cm³/mol. The fraction of sp³-hybridized carbons (Fsp3) is 0.455. The molecule has 0 saturated heterocycles. The molecule has 3 aromatic rings. The average Bonchev–Trinajstić information content (AvgIpc) is 3.17. The van der Waals surface area contributed by atoms with Crippen molar-refractivity contribution < 1.29 is 9.90 Å². The van der Waals surface area contributed by atoms with Crippen molar-refractivity contribution in [3.63, 3.8) is 0 Å². The normalized spacial score (nSPS) is 15.8. The molecule has 170 valence electrons. The summed E-state index contributed by atoms with van der Waals surface area (Å²) in [5.74, 6) is 0.813. The second-order valence-electron chi connectivity index (χ2n) is 8.15. The summed E-state index contributed by atoms with van der Waals surface area (Å²) in [5.41, 5.74) is 0.834. The van der Waals surface area contributed by atoms with Gasteiger partial charge in [-0.05, 0) is 44.7 Å². The largest absolute Gasteiger partial charge is 0.391 e. The van der Waals surface area contributed by atoms with E-state index < -0.39 is 6.10 Å². The van der Waals surface area contributed by atoms with E-state index in [0.29, 0.717) is 35.0 Å². The van der Waals surface area contributed by atoms with Gasteiger partial charge >= 0.3 is 0 Å². The van der Waals surface area contributed by atoms with Crippen molar-refractivity contribution in [2.24, 2.45) is 0 Å². The molecule has 1 amide bonds. The zero-order chi connectivity index (χ0) is 22.8. The fourth-order valence-corrected chi connectivity index (χ4v) is 3.96. The van der Waals surface area contributed by atoms with Crippen LogP contribution < -0.4 is 21.5 Å². The van der Waals surface area contributed by atoms with Gasteiger partial charge < -0.3 is 25.6 Å². The van der Waals surface area contributed by atoms with Gasteiger partial charge in [-0.15, -0.1) is 0 Å². The van der Waals surface area contributed by atoms with E-state index in [1.807, 2.05) is 6.92 Å². The van der Waals surface area contributed by atoms with E-state index >= 15 is 0 Å². The summed E-state index contributed by atoms with van der Waals surface area (Å²) in [6.07, 6.45) is 6.22. The number of fused-ring (bicyclic) bond motifs is 1. The monoisotopic (exact) mass is 439 g/mol. The number of pyridine rings is 1. The third kappa shape index (κ3) is 4.05. The standard InChI is InChI=1S/C22H29N7O3/c1-4-17(13(2)30)28-10-6-9-16(22(28)32)26-18-11-19(23-3)29-20(27-18)15(12-24-29)21(31)25-14-7-5-8-14/h6,9-14,17,23,30H,4-5,7-8H2,1-3H3,(H,25,31)(H,26,27). The van der Waals surface area contributed by atoms with Gasteiger partial charge in [0.1, 0.15) is 22.9 Å². The first-order chi connectivity index (χ1) is 15.4. The van der Waals surface area contributed by atoms with Gasteiger partial charge in [0.2, 0.25) is 0 Å². The van der Waals surface area contributed by atoms with Gasteiger partial charge in [0, 0.05) is 25.4 Å². The number of amides is 1. The SMILES string of the molecule is CCC(C(C)O)n1cccc(Nc2cc(NC)n3ncc(C(=O)NC4CCC4)c3n2)c1=O. The number of nitrogens with one attached hydrogen (secondary N) is 3. The first kappa shape index (κ1) is 21.8. The first-order valence-electron chi connectivity index (χ1n) is 11.0. The number of aliphatic hydroxyl groups is 1. The van der Waals surface area contributed by atoms with E-state index in [2.05, 4.69) is 26.0 Å². The third-order valence-corrected chi connectivity index (χ3v) is 5.98. The van der Waals surface area contributed by atoms with Crippen LogP contribution in [0.4, 0.5) is 17.3 Å². The minimum Gasteiger partial charge on any atom is -0.391 e. The molecular weight excluding hydrogens is 410 g/mol. The quantitative estimate of drug-likeness (QED) is 0.424. The molecule has 3 aromatic heterocycles. The molecule has 0 spiro atoms. The van der Waals surface area contributed by atoms with Gasteiger partial charge in [0.05, 0.1) is 18.3 Å². The fourth-order valence-electron chi connectivity index (χ4n) is 3.96. The van der Waals surface area contributed by atoms with Crippen molar-refractivity contribution in [1.82, 2.24) is 24.5 Å². The highest BCUT2D eigenvalue weighted by Gasteiger charge is 2.24. The number of aliphatic hydroxyl groups excluding tert-OH is 1. The summed E-state index contributed by atoms with van der Waals surface area (Å²) in [6, 6.07) is 5.01. The van der Waals surface area contributed by atoms with Gasteiger partial charge in [0.15, 0.2) is 5.65 Å². The maximum absolute atomic E-state index is 13.0. The van der Waals surface area contributed by atoms with E-state index in [1.54, 1.807) is 42.9 Å². The van der Waals surface area contributed by atoms with Crippen LogP contribution in [0.3, 0.4) is 0 Å². The van der Waals surface area contributed by atoms with Crippen molar-refractivity contribution in [2.75, 3.05) is 17.7 Å². The number of carbonyl (C=O) groups is 1. The van der Waals surface area contributed by atoms with Crippen LogP contribution in [0.15, 0.2) is 35.4 Å². The summed E-state index contributed by atoms with van der Waals surface area (Å²) >= 11 is 0. The van der Waals surface area contributed by atoms with Gasteiger partial charge in [-0.25, -0.2) is 4.98 Å². The Hall–Kier alpha value is -3.40. The molecule has 10 heteroatoms. The number of rotatable bonds is 8. The van der Waals surface area contributed by atoms with Crippen LogP contribution in [-0.4, -0.2) is 49.4 Å². The van der Waals surface area contributed by atoms with Gasteiger partial charge in [-0.1, -0.05) is 6.92 Å². The Bertz CT molecular complexity index is 1180. The number of anilines is 3. The summed E-state index contributed by atoms with van der Waals surface area (Å²) in [5, 5.41) is 23.5. The van der Waals surface area contributed by atoms with Gasteiger partial charge in [0.25, 0.3) is 11.5 Å². The Balaban J connectivity index is 1.70. The van der Waals surface area contributed by atoms with Crippen LogP contribution in [0.2, 0.25) is 0 Å². The molecule has 1 saturated carbocycles. The van der Waals surface area contributed by atoms with Crippen LogP contribution >= 0.6 is 0 Å². The van der Waals surface area contributed by atoms with Crippen LogP contribution in [0.25, 0.3) is 5.65 Å². The van der Waals surface area contributed by atoms with Crippen LogP contribution in [0.1, 0.15) is 55.9 Å². The Morgan fingerprint density at radius 3 is 2.78 bits per heavy atom. The summed E-state index contributed by atoms with van der Waals surface area (Å²) in [4.78, 5) is 30.4. The van der Waals surface area contributed by atoms with Gasteiger partial charge in [-0.3, -0.25) is 9.59 Å². The van der Waals surface area contributed by atoms with E-state index in [-0.39, 0.29) is 23.6 Å². The summed E-state index contributed by atoms with van der Waals surface area (Å²) < 4.78 is 3.09. The zero-order valence-corrected chi connectivity index (χ0v) is 18.5. The van der Waals surface area contributed by atoms with E-state index in [0.717, 1.165) is 19.3 Å². The van der Waals surface area contributed by atoms with Gasteiger partial charge in [-0.2, -0.15) is 9.61 Å². The highest BCUT2D eigenvalue weighted by Crippen LogP contribution is 2.23. The number of nitrogens with zero attached hydrogens (tertiary/aromatic N) is 4. The molecule has 1 aliphatic rings. The Morgan fingerprint density at radius 1 is 1.38 bits per heavy atom. The molecule has 3 heterocycles. The van der Waals surface area contributed by atoms with Crippen molar-refractivity contribution in [3.05, 3.63) is 46.5 Å². The lowest BCUT2D eigenvalue weighted by Crippen LogP contribution is -2.39. The minimum absolute atomic E-state index is 0.200. The Morgan fingerprint density at radius 2 is 2.16 bits per heavy atom. The van der Waals surface area contributed by atoms with Crippen LogP contribution in [-0.2, 0) is 0 Å². The molecular formula is C22H29N7O3. The number of carbonyl (C=O) groups excluding carboxylic acids is 1. The molecule has 1 aliphatic carbocycles. The average molecular weight is 440 g/mol. The maximum Gasteiger partial charge on any atom is 0.274 e. The highest BCUT2D eigenvalue weighted by atomic mass is 16.3. The number of hydrogen-bond acceptors (Lipinski definition) is 7. The summed E-state index contributed by atoms with van der Waals surface area (Å²) in [7, 11) is 1.75. The van der Waals surface area contributed by atoms with Crippen LogP contribution in [0, 0.1) is 0 Å². The smallest absolute Gasteiger partial charge is 0.274 e. The van der Waals surface area contributed by atoms with Crippen molar-refractivity contribution >= 4 is 28.9 Å². The molecule has 4 rings (SSSR count). The summed E-state index contributed by atoms with van der Waals surface area (Å²) in [6.45, 7) is 3.60. The third-order valence-electron chi connectivity index (χ3n) is 5.98. The maximum atomic E-state index is 13.0. The molecule has 1 fully saturated rings. The Kier molecular flexibility index (Phi) is 6.13. The molecule has 0 bridgehead atoms. The topological polar surface area (TPSA) is 126 Å². The lowest BCUT2D eigenvalue weighted by molar-refractivity contribution is 0.0918. The lowest BCUT2D eigenvalue weighted by Gasteiger charge is -2.26. The molecule has 2 atom stereocenters. The molecule has 4 N–H and O–H groups in total. The lowest BCUT2D eigenvalue weighted by atomic mass is 9.93. The molecule has 0 aromatic carbocycles.